The highest BCUT2D eigenvalue weighted by Crippen LogP contribution is 2.26. The lowest BCUT2D eigenvalue weighted by molar-refractivity contribution is 0.105. The van der Waals surface area contributed by atoms with Gasteiger partial charge in [-0.2, -0.15) is 0 Å². The number of aromatic nitrogens is 3. The molecule has 96 valence electrons. The second kappa shape index (κ2) is 5.78. The Morgan fingerprint density at radius 3 is 2.67 bits per heavy atom. The molecule has 2 rings (SSSR count). The molecule has 4 heteroatoms. The number of para-hydroxylation sites is 1. The molecule has 0 saturated carbocycles. The van der Waals surface area contributed by atoms with Crippen LogP contribution in [0.25, 0.3) is 5.69 Å². The minimum atomic E-state index is -0.528. The third kappa shape index (κ3) is 2.59. The highest BCUT2D eigenvalue weighted by molar-refractivity contribution is 5.32. The predicted octanol–water partition coefficient (Wildman–Crippen LogP) is 2.74. The largest absolute Gasteiger partial charge is 0.386 e. The molecule has 1 aromatic carbocycles. The summed E-state index contributed by atoms with van der Waals surface area (Å²) in [5.41, 5.74) is 1.68. The first-order valence-electron chi connectivity index (χ1n) is 6.38. The third-order valence-corrected chi connectivity index (χ3v) is 3.16. The normalized spacial score (nSPS) is 14.4. The van der Waals surface area contributed by atoms with E-state index in [0.29, 0.717) is 0 Å². The summed E-state index contributed by atoms with van der Waals surface area (Å²) in [7, 11) is 0. The maximum absolute atomic E-state index is 10.4. The maximum Gasteiger partial charge on any atom is 0.100 e. The van der Waals surface area contributed by atoms with Crippen LogP contribution in [0.15, 0.2) is 36.5 Å². The van der Waals surface area contributed by atoms with Gasteiger partial charge < -0.3 is 5.11 Å². The van der Waals surface area contributed by atoms with Crippen LogP contribution in [0.3, 0.4) is 0 Å². The van der Waals surface area contributed by atoms with Gasteiger partial charge in [-0.3, -0.25) is 0 Å². The maximum atomic E-state index is 10.4. The van der Waals surface area contributed by atoms with Crippen molar-refractivity contribution in [2.24, 2.45) is 5.92 Å². The fourth-order valence-electron chi connectivity index (χ4n) is 2.12. The fourth-order valence-corrected chi connectivity index (χ4v) is 2.12. The van der Waals surface area contributed by atoms with Crippen molar-refractivity contribution in [3.8, 4) is 5.69 Å². The van der Waals surface area contributed by atoms with Crippen molar-refractivity contribution >= 4 is 0 Å². The zero-order valence-corrected chi connectivity index (χ0v) is 10.8. The molecule has 0 bridgehead atoms. The predicted molar refractivity (Wildman–Crippen MR) is 70.4 cm³/mol. The second-order valence-electron chi connectivity index (χ2n) is 4.62. The van der Waals surface area contributed by atoms with Crippen molar-refractivity contribution in [3.05, 3.63) is 42.2 Å². The molecule has 4 nitrogen and oxygen atoms in total. The highest BCUT2D eigenvalue weighted by atomic mass is 16.3. The molecule has 0 aliphatic heterocycles. The standard InChI is InChI=1S/C14H19N3O/c1-3-7-11(2)14(18)13-10-15-16-17(13)12-8-5-4-6-9-12/h4-6,8-11,14,18H,3,7H2,1-2H3. The number of hydrogen-bond donors (Lipinski definition) is 1. The SMILES string of the molecule is CCCC(C)C(O)c1cnnn1-c1ccccc1. The van der Waals surface area contributed by atoms with Gasteiger partial charge in [-0.15, -0.1) is 5.10 Å². The summed E-state index contributed by atoms with van der Waals surface area (Å²) in [5.74, 6) is 0.205. The Morgan fingerprint density at radius 1 is 1.28 bits per heavy atom. The molecule has 0 fully saturated rings. The van der Waals surface area contributed by atoms with Crippen LogP contribution in [0.2, 0.25) is 0 Å². The lowest BCUT2D eigenvalue weighted by atomic mass is 9.97. The van der Waals surface area contributed by atoms with Crippen LogP contribution in [0.4, 0.5) is 0 Å². The third-order valence-electron chi connectivity index (χ3n) is 3.16. The number of nitrogens with zero attached hydrogens (tertiary/aromatic N) is 3. The van der Waals surface area contributed by atoms with E-state index in [1.54, 1.807) is 10.9 Å². The van der Waals surface area contributed by atoms with Gasteiger partial charge in [0.15, 0.2) is 0 Å². The minimum absolute atomic E-state index is 0.205. The summed E-state index contributed by atoms with van der Waals surface area (Å²) >= 11 is 0. The summed E-state index contributed by atoms with van der Waals surface area (Å²) in [4.78, 5) is 0. The Morgan fingerprint density at radius 2 is 2.00 bits per heavy atom. The van der Waals surface area contributed by atoms with Crippen molar-refractivity contribution < 1.29 is 5.11 Å². The minimum Gasteiger partial charge on any atom is -0.386 e. The molecule has 0 radical (unpaired) electrons. The van der Waals surface area contributed by atoms with E-state index in [4.69, 9.17) is 0 Å². The lowest BCUT2D eigenvalue weighted by Crippen LogP contribution is -2.14. The van der Waals surface area contributed by atoms with E-state index >= 15 is 0 Å². The number of benzene rings is 1. The average molecular weight is 245 g/mol. The van der Waals surface area contributed by atoms with E-state index in [1.807, 2.05) is 30.3 Å². The van der Waals surface area contributed by atoms with E-state index in [2.05, 4.69) is 24.2 Å². The van der Waals surface area contributed by atoms with Crippen LogP contribution in [-0.2, 0) is 0 Å². The molecular formula is C14H19N3O. The molecule has 1 aromatic heterocycles. The average Bonchev–Trinajstić information content (AvgIpc) is 2.88. The summed E-state index contributed by atoms with van der Waals surface area (Å²) < 4.78 is 1.71. The van der Waals surface area contributed by atoms with Gasteiger partial charge in [0.05, 0.1) is 17.6 Å². The quantitative estimate of drug-likeness (QED) is 0.881. The summed E-state index contributed by atoms with van der Waals surface area (Å²) in [5, 5.41) is 18.3. The summed E-state index contributed by atoms with van der Waals surface area (Å²) in [6.07, 6.45) is 3.16. The molecule has 0 aliphatic carbocycles. The molecule has 2 aromatic rings. The van der Waals surface area contributed by atoms with E-state index in [0.717, 1.165) is 24.2 Å². The summed E-state index contributed by atoms with van der Waals surface area (Å²) in [6.45, 7) is 4.17. The zero-order chi connectivity index (χ0) is 13.0. The first kappa shape index (κ1) is 12.8. The number of hydrogen-bond acceptors (Lipinski definition) is 3. The Bertz CT molecular complexity index is 481. The Hall–Kier alpha value is -1.68. The lowest BCUT2D eigenvalue weighted by Gasteiger charge is -2.18. The van der Waals surface area contributed by atoms with Crippen molar-refractivity contribution in [3.63, 3.8) is 0 Å². The molecule has 2 unspecified atom stereocenters. The molecule has 0 spiro atoms. The molecule has 0 saturated heterocycles. The van der Waals surface area contributed by atoms with Crippen molar-refractivity contribution in [1.82, 2.24) is 15.0 Å². The molecule has 18 heavy (non-hydrogen) atoms. The van der Waals surface area contributed by atoms with Crippen LogP contribution in [0, 0.1) is 5.92 Å². The fraction of sp³-hybridized carbons (Fsp3) is 0.429. The van der Waals surface area contributed by atoms with E-state index in [-0.39, 0.29) is 5.92 Å². The monoisotopic (exact) mass is 245 g/mol. The van der Waals surface area contributed by atoms with Gasteiger partial charge in [0.2, 0.25) is 0 Å². The van der Waals surface area contributed by atoms with Gasteiger partial charge in [-0.1, -0.05) is 43.7 Å². The Labute approximate surface area is 107 Å². The number of aliphatic hydroxyl groups excluding tert-OH is 1. The Balaban J connectivity index is 2.28. The zero-order valence-electron chi connectivity index (χ0n) is 10.8. The van der Waals surface area contributed by atoms with Gasteiger partial charge in [0.25, 0.3) is 0 Å². The molecular weight excluding hydrogens is 226 g/mol. The van der Waals surface area contributed by atoms with Crippen LogP contribution >= 0.6 is 0 Å². The van der Waals surface area contributed by atoms with Gasteiger partial charge in [-0.25, -0.2) is 4.68 Å². The second-order valence-corrected chi connectivity index (χ2v) is 4.62. The smallest absolute Gasteiger partial charge is 0.100 e. The van der Waals surface area contributed by atoms with Gasteiger partial charge in [-0.05, 0) is 24.5 Å². The van der Waals surface area contributed by atoms with E-state index in [9.17, 15) is 5.11 Å². The first-order valence-corrected chi connectivity index (χ1v) is 6.38. The Kier molecular flexibility index (Phi) is 4.10. The van der Waals surface area contributed by atoms with Crippen molar-refractivity contribution in [2.75, 3.05) is 0 Å². The van der Waals surface area contributed by atoms with Gasteiger partial charge in [0, 0.05) is 0 Å². The molecule has 2 atom stereocenters. The van der Waals surface area contributed by atoms with Crippen molar-refractivity contribution in [1.29, 1.82) is 0 Å². The van der Waals surface area contributed by atoms with Gasteiger partial charge in [0.1, 0.15) is 6.10 Å². The van der Waals surface area contributed by atoms with Crippen LogP contribution in [0.1, 0.15) is 38.5 Å². The van der Waals surface area contributed by atoms with Crippen molar-refractivity contribution in [2.45, 2.75) is 32.8 Å². The van der Waals surface area contributed by atoms with E-state index in [1.165, 1.54) is 0 Å². The number of aliphatic hydroxyl groups is 1. The highest BCUT2D eigenvalue weighted by Gasteiger charge is 2.20. The van der Waals surface area contributed by atoms with Crippen LogP contribution < -0.4 is 0 Å². The molecule has 0 amide bonds. The van der Waals surface area contributed by atoms with Crippen LogP contribution in [-0.4, -0.2) is 20.1 Å². The van der Waals surface area contributed by atoms with Crippen LogP contribution in [0.5, 0.6) is 0 Å². The summed E-state index contributed by atoms with van der Waals surface area (Å²) in [6, 6.07) is 9.76. The topological polar surface area (TPSA) is 50.9 Å². The number of rotatable bonds is 5. The van der Waals surface area contributed by atoms with Gasteiger partial charge >= 0.3 is 0 Å². The van der Waals surface area contributed by atoms with E-state index < -0.39 is 6.10 Å². The molecule has 0 aliphatic rings. The molecule has 1 heterocycles. The molecule has 1 N–H and O–H groups in total. The first-order chi connectivity index (χ1) is 8.74.